The topological polar surface area (TPSA) is 90.7 Å². The molecule has 3 rings (SSSR count). The number of benzene rings is 2. The van der Waals surface area contributed by atoms with Crippen molar-refractivity contribution in [1.82, 2.24) is 0 Å². The number of nitrogens with zero attached hydrogens (tertiary/aromatic N) is 1. The molecular weight excluding hydrogens is 310 g/mol. The normalized spacial score (nSPS) is 10.5. The minimum atomic E-state index is -0.433. The standard InChI is InChI=1S/C17H15N3O2S/c1-22-13-7-3-2-5-11(13)10-6-4-8-14-12(10)9-15(23-14)16(21)20-17(18)19/h2-9H,1H3,(H4,18,19,20,21). The maximum Gasteiger partial charge on any atom is 0.290 e. The minimum Gasteiger partial charge on any atom is -0.496 e. The summed E-state index contributed by atoms with van der Waals surface area (Å²) in [5, 5.41) is 0.969. The lowest BCUT2D eigenvalue weighted by atomic mass is 10.0. The number of hydrogen-bond acceptors (Lipinski definition) is 3. The average molecular weight is 325 g/mol. The number of ether oxygens (including phenoxy) is 1. The zero-order valence-corrected chi connectivity index (χ0v) is 13.3. The molecule has 4 N–H and O–H groups in total. The molecule has 0 saturated carbocycles. The van der Waals surface area contributed by atoms with E-state index in [1.165, 1.54) is 11.3 Å². The van der Waals surface area contributed by atoms with Crippen molar-refractivity contribution in [2.24, 2.45) is 16.5 Å². The van der Waals surface area contributed by atoms with Crippen LogP contribution in [0.1, 0.15) is 9.67 Å². The summed E-state index contributed by atoms with van der Waals surface area (Å²) in [5.74, 6) is 0.109. The molecule has 0 saturated heterocycles. The number of methoxy groups -OCH3 is 1. The molecule has 1 aromatic heterocycles. The molecule has 0 aliphatic heterocycles. The zero-order valence-electron chi connectivity index (χ0n) is 12.4. The fraction of sp³-hybridized carbons (Fsp3) is 0.0588. The highest BCUT2D eigenvalue weighted by Gasteiger charge is 2.14. The van der Waals surface area contributed by atoms with Crippen molar-refractivity contribution < 1.29 is 9.53 Å². The Hall–Kier alpha value is -2.86. The van der Waals surface area contributed by atoms with Gasteiger partial charge in [-0.2, -0.15) is 4.99 Å². The van der Waals surface area contributed by atoms with Gasteiger partial charge in [0.25, 0.3) is 5.91 Å². The Balaban J connectivity index is 2.18. The first-order valence-corrected chi connectivity index (χ1v) is 7.71. The van der Waals surface area contributed by atoms with Gasteiger partial charge < -0.3 is 16.2 Å². The number of para-hydroxylation sites is 1. The van der Waals surface area contributed by atoms with Gasteiger partial charge in [0, 0.05) is 15.6 Å². The van der Waals surface area contributed by atoms with E-state index in [9.17, 15) is 4.79 Å². The minimum absolute atomic E-state index is 0.239. The molecule has 116 valence electrons. The number of guanidine groups is 1. The van der Waals surface area contributed by atoms with E-state index in [1.807, 2.05) is 48.5 Å². The van der Waals surface area contributed by atoms with Crippen molar-refractivity contribution in [2.45, 2.75) is 0 Å². The predicted octanol–water partition coefficient (Wildman–Crippen LogP) is 2.99. The van der Waals surface area contributed by atoms with Crippen LogP contribution in [0.2, 0.25) is 0 Å². The van der Waals surface area contributed by atoms with Crippen LogP contribution in [-0.2, 0) is 0 Å². The van der Waals surface area contributed by atoms with Gasteiger partial charge in [-0.1, -0.05) is 30.3 Å². The third-order valence-corrected chi connectivity index (χ3v) is 4.49. The molecule has 0 radical (unpaired) electrons. The van der Waals surface area contributed by atoms with E-state index < -0.39 is 5.91 Å². The van der Waals surface area contributed by atoms with Crippen LogP contribution in [0.25, 0.3) is 21.2 Å². The van der Waals surface area contributed by atoms with Gasteiger partial charge in [-0.25, -0.2) is 0 Å². The molecule has 2 aromatic carbocycles. The lowest BCUT2D eigenvalue weighted by Gasteiger charge is -2.09. The van der Waals surface area contributed by atoms with Crippen molar-refractivity contribution >= 4 is 33.3 Å². The number of thiophene rings is 1. The quantitative estimate of drug-likeness (QED) is 0.572. The molecule has 0 fully saturated rings. The molecule has 0 aliphatic rings. The second kappa shape index (κ2) is 6.10. The van der Waals surface area contributed by atoms with E-state index in [0.29, 0.717) is 4.88 Å². The first kappa shape index (κ1) is 15.1. The van der Waals surface area contributed by atoms with E-state index in [-0.39, 0.29) is 5.96 Å². The van der Waals surface area contributed by atoms with Crippen LogP contribution in [0, 0.1) is 0 Å². The molecule has 1 amide bonds. The summed E-state index contributed by atoms with van der Waals surface area (Å²) in [6, 6.07) is 15.5. The van der Waals surface area contributed by atoms with Gasteiger partial charge in [0.05, 0.1) is 12.0 Å². The lowest BCUT2D eigenvalue weighted by molar-refractivity contribution is 0.101. The molecule has 23 heavy (non-hydrogen) atoms. The first-order chi connectivity index (χ1) is 11.1. The molecule has 0 aliphatic carbocycles. The summed E-state index contributed by atoms with van der Waals surface area (Å²) in [7, 11) is 1.64. The number of rotatable bonds is 3. The van der Waals surface area contributed by atoms with Gasteiger partial charge in [0.1, 0.15) is 5.75 Å². The second-order valence-corrected chi connectivity index (χ2v) is 5.95. The van der Waals surface area contributed by atoms with E-state index in [1.54, 1.807) is 7.11 Å². The first-order valence-electron chi connectivity index (χ1n) is 6.90. The summed E-state index contributed by atoms with van der Waals surface area (Å²) in [6.45, 7) is 0. The summed E-state index contributed by atoms with van der Waals surface area (Å²) in [6.07, 6.45) is 0. The van der Waals surface area contributed by atoms with Crippen molar-refractivity contribution in [3.8, 4) is 16.9 Å². The van der Waals surface area contributed by atoms with Gasteiger partial charge in [-0.15, -0.1) is 11.3 Å². The lowest BCUT2D eigenvalue weighted by Crippen LogP contribution is -2.24. The molecule has 6 heteroatoms. The third-order valence-electron chi connectivity index (χ3n) is 3.40. The molecule has 0 spiro atoms. The van der Waals surface area contributed by atoms with Crippen molar-refractivity contribution in [1.29, 1.82) is 0 Å². The maximum atomic E-state index is 12.0. The summed E-state index contributed by atoms with van der Waals surface area (Å²) >= 11 is 1.36. The largest absolute Gasteiger partial charge is 0.496 e. The van der Waals surface area contributed by atoms with Crippen LogP contribution >= 0.6 is 11.3 Å². The Morgan fingerprint density at radius 3 is 2.57 bits per heavy atom. The van der Waals surface area contributed by atoms with E-state index in [4.69, 9.17) is 16.2 Å². The number of amides is 1. The van der Waals surface area contributed by atoms with Gasteiger partial charge in [0.2, 0.25) is 0 Å². The van der Waals surface area contributed by atoms with Gasteiger partial charge in [-0.3, -0.25) is 4.79 Å². The predicted molar refractivity (Wildman–Crippen MR) is 94.0 cm³/mol. The van der Waals surface area contributed by atoms with Crippen molar-refractivity contribution in [3.05, 3.63) is 53.4 Å². The number of nitrogens with two attached hydrogens (primary N) is 2. The maximum absolute atomic E-state index is 12.0. The Labute approximate surface area is 137 Å². The highest BCUT2D eigenvalue weighted by Crippen LogP contribution is 2.38. The second-order valence-electron chi connectivity index (χ2n) is 4.87. The summed E-state index contributed by atoms with van der Waals surface area (Å²) < 4.78 is 6.43. The van der Waals surface area contributed by atoms with E-state index in [2.05, 4.69) is 4.99 Å². The highest BCUT2D eigenvalue weighted by atomic mass is 32.1. The number of fused-ring (bicyclic) bond motifs is 1. The Kier molecular flexibility index (Phi) is 3.99. The molecule has 0 unspecified atom stereocenters. The van der Waals surface area contributed by atoms with E-state index >= 15 is 0 Å². The Bertz CT molecular complexity index is 911. The van der Waals surface area contributed by atoms with Crippen LogP contribution in [-0.4, -0.2) is 19.0 Å². The Morgan fingerprint density at radius 2 is 1.83 bits per heavy atom. The molecule has 1 heterocycles. The van der Waals surface area contributed by atoms with Crippen LogP contribution in [0.4, 0.5) is 0 Å². The fourth-order valence-electron chi connectivity index (χ4n) is 2.44. The highest BCUT2D eigenvalue weighted by molar-refractivity contribution is 7.20. The molecule has 0 bridgehead atoms. The SMILES string of the molecule is COc1ccccc1-c1cccc2sc(C(=O)N=C(N)N)cc12. The summed E-state index contributed by atoms with van der Waals surface area (Å²) in [4.78, 5) is 16.1. The smallest absolute Gasteiger partial charge is 0.290 e. The monoisotopic (exact) mass is 325 g/mol. The number of hydrogen-bond donors (Lipinski definition) is 2. The van der Waals surface area contributed by atoms with Gasteiger partial charge in [0.15, 0.2) is 5.96 Å². The van der Waals surface area contributed by atoms with Crippen molar-refractivity contribution in [3.63, 3.8) is 0 Å². The van der Waals surface area contributed by atoms with Crippen LogP contribution in [0.15, 0.2) is 53.5 Å². The molecular formula is C17H15N3O2S. The van der Waals surface area contributed by atoms with Crippen LogP contribution in [0.3, 0.4) is 0 Å². The molecule has 3 aromatic rings. The fourth-order valence-corrected chi connectivity index (χ4v) is 3.41. The van der Waals surface area contributed by atoms with Crippen LogP contribution in [0.5, 0.6) is 5.75 Å². The summed E-state index contributed by atoms with van der Waals surface area (Å²) in [5.41, 5.74) is 12.5. The van der Waals surface area contributed by atoms with Gasteiger partial charge in [-0.05, 0) is 23.8 Å². The van der Waals surface area contributed by atoms with E-state index in [0.717, 1.165) is 27.0 Å². The molecule has 0 atom stereocenters. The zero-order chi connectivity index (χ0) is 16.4. The van der Waals surface area contributed by atoms with Crippen molar-refractivity contribution in [2.75, 3.05) is 7.11 Å². The third kappa shape index (κ3) is 2.89. The van der Waals surface area contributed by atoms with Gasteiger partial charge >= 0.3 is 0 Å². The average Bonchev–Trinajstić information content (AvgIpc) is 2.98. The number of aliphatic imine (C=N–C) groups is 1. The molecule has 5 nitrogen and oxygen atoms in total. The number of carbonyl (C=O) groups is 1. The number of carbonyl (C=O) groups excluding carboxylic acids is 1. The Morgan fingerprint density at radius 1 is 1.09 bits per heavy atom. The van der Waals surface area contributed by atoms with Crippen LogP contribution < -0.4 is 16.2 Å².